The van der Waals surface area contributed by atoms with Crippen molar-refractivity contribution in [3.63, 3.8) is 0 Å². The third-order valence-corrected chi connectivity index (χ3v) is 5.40. The fourth-order valence-corrected chi connectivity index (χ4v) is 3.45. The van der Waals surface area contributed by atoms with Crippen LogP contribution in [0.4, 0.5) is 10.5 Å². The summed E-state index contributed by atoms with van der Waals surface area (Å²) in [4.78, 5) is 50.6. The highest BCUT2D eigenvalue weighted by Crippen LogP contribution is 2.25. The SMILES string of the molecule is CSc1ccccc1NC(=O)COC(=O)CN1C(=O)N[C@](C)(CCC(C)C)C1=O. The first-order valence-corrected chi connectivity index (χ1v) is 10.6. The molecule has 158 valence electrons. The lowest BCUT2D eigenvalue weighted by atomic mass is 9.92. The van der Waals surface area contributed by atoms with Crippen molar-refractivity contribution in [2.45, 2.75) is 44.0 Å². The Morgan fingerprint density at radius 1 is 1.28 bits per heavy atom. The van der Waals surface area contributed by atoms with Crippen molar-refractivity contribution in [1.82, 2.24) is 10.2 Å². The molecular weight excluding hydrogens is 394 g/mol. The number of nitrogens with zero attached hydrogens (tertiary/aromatic N) is 1. The predicted molar refractivity (Wildman–Crippen MR) is 111 cm³/mol. The molecule has 1 fully saturated rings. The molecule has 9 heteroatoms. The summed E-state index contributed by atoms with van der Waals surface area (Å²) in [6, 6.07) is 6.62. The summed E-state index contributed by atoms with van der Waals surface area (Å²) < 4.78 is 4.94. The van der Waals surface area contributed by atoms with Crippen LogP contribution in [0.5, 0.6) is 0 Å². The number of carbonyl (C=O) groups excluding carboxylic acids is 4. The van der Waals surface area contributed by atoms with Crippen LogP contribution in [0, 0.1) is 5.92 Å². The largest absolute Gasteiger partial charge is 0.454 e. The van der Waals surface area contributed by atoms with Crippen molar-refractivity contribution in [2.75, 3.05) is 24.7 Å². The Labute approximate surface area is 174 Å². The number of urea groups is 1. The van der Waals surface area contributed by atoms with Gasteiger partial charge in [-0.3, -0.25) is 19.3 Å². The number of hydrogen-bond donors (Lipinski definition) is 2. The van der Waals surface area contributed by atoms with Crippen molar-refractivity contribution in [2.24, 2.45) is 5.92 Å². The molecule has 1 aromatic carbocycles. The fraction of sp³-hybridized carbons (Fsp3) is 0.500. The normalized spacial score (nSPS) is 18.7. The van der Waals surface area contributed by atoms with Crippen molar-refractivity contribution >= 4 is 41.3 Å². The van der Waals surface area contributed by atoms with E-state index >= 15 is 0 Å². The first kappa shape index (κ1) is 22.7. The Balaban J connectivity index is 1.86. The molecule has 1 aliphatic heterocycles. The van der Waals surface area contributed by atoms with Gasteiger partial charge < -0.3 is 15.4 Å². The van der Waals surface area contributed by atoms with Gasteiger partial charge in [-0.15, -0.1) is 11.8 Å². The molecule has 29 heavy (non-hydrogen) atoms. The van der Waals surface area contributed by atoms with Crippen LogP contribution in [0.15, 0.2) is 29.2 Å². The molecule has 4 amide bonds. The average Bonchev–Trinajstić information content (AvgIpc) is 2.89. The van der Waals surface area contributed by atoms with Gasteiger partial charge in [-0.1, -0.05) is 26.0 Å². The second-order valence-electron chi connectivity index (χ2n) is 7.50. The van der Waals surface area contributed by atoms with Crippen molar-refractivity contribution in [1.29, 1.82) is 0 Å². The van der Waals surface area contributed by atoms with E-state index in [0.717, 1.165) is 16.2 Å². The molecule has 1 aromatic rings. The fourth-order valence-electron chi connectivity index (χ4n) is 2.89. The number of imide groups is 1. The van der Waals surface area contributed by atoms with E-state index in [1.165, 1.54) is 11.8 Å². The third-order valence-electron chi connectivity index (χ3n) is 4.60. The zero-order chi connectivity index (χ0) is 21.6. The van der Waals surface area contributed by atoms with Crippen LogP contribution in [-0.4, -0.2) is 53.7 Å². The second kappa shape index (κ2) is 9.78. The summed E-state index contributed by atoms with van der Waals surface area (Å²) in [5.41, 5.74) is -0.406. The molecule has 0 bridgehead atoms. The van der Waals surface area contributed by atoms with Gasteiger partial charge in [-0.2, -0.15) is 0 Å². The number of amides is 4. The molecule has 0 spiro atoms. The maximum Gasteiger partial charge on any atom is 0.326 e. The van der Waals surface area contributed by atoms with Gasteiger partial charge in [0.15, 0.2) is 6.61 Å². The molecule has 0 saturated carbocycles. The van der Waals surface area contributed by atoms with Crippen LogP contribution < -0.4 is 10.6 Å². The number of anilines is 1. The van der Waals surface area contributed by atoms with Crippen LogP contribution >= 0.6 is 11.8 Å². The number of esters is 1. The van der Waals surface area contributed by atoms with E-state index in [9.17, 15) is 19.2 Å². The van der Waals surface area contributed by atoms with E-state index in [1.54, 1.807) is 19.1 Å². The van der Waals surface area contributed by atoms with Crippen molar-refractivity contribution < 1.29 is 23.9 Å². The number of rotatable bonds is 9. The van der Waals surface area contributed by atoms with Crippen LogP contribution in [0.2, 0.25) is 0 Å². The molecule has 2 rings (SSSR count). The topological polar surface area (TPSA) is 105 Å². The summed E-state index contributed by atoms with van der Waals surface area (Å²) in [6.07, 6.45) is 3.13. The number of benzene rings is 1. The monoisotopic (exact) mass is 421 g/mol. The first-order valence-electron chi connectivity index (χ1n) is 9.39. The number of para-hydroxylation sites is 1. The third kappa shape index (κ3) is 5.96. The average molecular weight is 422 g/mol. The Morgan fingerprint density at radius 3 is 2.62 bits per heavy atom. The highest BCUT2D eigenvalue weighted by molar-refractivity contribution is 7.98. The highest BCUT2D eigenvalue weighted by atomic mass is 32.2. The quantitative estimate of drug-likeness (QED) is 0.361. The first-order chi connectivity index (χ1) is 13.7. The molecule has 0 aliphatic carbocycles. The Hall–Kier alpha value is -2.55. The minimum Gasteiger partial charge on any atom is -0.454 e. The lowest BCUT2D eigenvalue weighted by molar-refractivity contribution is -0.150. The van der Waals surface area contributed by atoms with Gasteiger partial charge in [0.1, 0.15) is 12.1 Å². The molecule has 0 aromatic heterocycles. The number of nitrogens with one attached hydrogen (secondary N) is 2. The minimum atomic E-state index is -1.03. The molecule has 1 heterocycles. The number of ether oxygens (including phenoxy) is 1. The molecule has 0 radical (unpaired) electrons. The Morgan fingerprint density at radius 2 is 1.97 bits per heavy atom. The standard InChI is InChI=1S/C20H27N3O5S/c1-13(2)9-10-20(3)18(26)23(19(27)22-20)11-17(25)28-12-16(24)21-14-7-5-6-8-15(14)29-4/h5-8,13H,9-12H2,1-4H3,(H,21,24)(H,22,27)/t20-/m1/s1. The number of hydrogen-bond acceptors (Lipinski definition) is 6. The smallest absolute Gasteiger partial charge is 0.326 e. The Kier molecular flexibility index (Phi) is 7.66. The summed E-state index contributed by atoms with van der Waals surface area (Å²) in [5.74, 6) is -1.41. The van der Waals surface area contributed by atoms with E-state index in [-0.39, 0.29) is 0 Å². The zero-order valence-corrected chi connectivity index (χ0v) is 17.9. The van der Waals surface area contributed by atoms with Crippen molar-refractivity contribution in [3.05, 3.63) is 24.3 Å². The second-order valence-corrected chi connectivity index (χ2v) is 8.34. The lowest BCUT2D eigenvalue weighted by Crippen LogP contribution is -2.44. The minimum absolute atomic E-state index is 0.380. The maximum atomic E-state index is 12.6. The van der Waals surface area contributed by atoms with Crippen LogP contribution in [0.3, 0.4) is 0 Å². The van der Waals surface area contributed by atoms with Gasteiger partial charge in [-0.05, 0) is 44.1 Å². The van der Waals surface area contributed by atoms with Gasteiger partial charge in [-0.25, -0.2) is 4.79 Å². The molecule has 1 saturated heterocycles. The van der Waals surface area contributed by atoms with E-state index in [0.29, 0.717) is 18.0 Å². The van der Waals surface area contributed by atoms with Gasteiger partial charge in [0.05, 0.1) is 5.69 Å². The maximum absolute atomic E-state index is 12.6. The van der Waals surface area contributed by atoms with Gasteiger partial charge in [0.25, 0.3) is 11.8 Å². The van der Waals surface area contributed by atoms with E-state index < -0.39 is 42.5 Å². The summed E-state index contributed by atoms with van der Waals surface area (Å²) in [7, 11) is 0. The molecule has 0 unspecified atom stereocenters. The number of thioether (sulfide) groups is 1. The summed E-state index contributed by atoms with van der Waals surface area (Å²) >= 11 is 1.48. The van der Waals surface area contributed by atoms with Crippen LogP contribution in [0.1, 0.15) is 33.6 Å². The molecule has 2 N–H and O–H groups in total. The summed E-state index contributed by atoms with van der Waals surface area (Å²) in [6.45, 7) is 4.68. The Bertz CT molecular complexity index is 798. The van der Waals surface area contributed by atoms with Gasteiger partial charge >= 0.3 is 12.0 Å². The molecular formula is C20H27N3O5S. The van der Waals surface area contributed by atoms with E-state index in [4.69, 9.17) is 4.74 Å². The molecule has 1 aliphatic rings. The summed E-state index contributed by atoms with van der Waals surface area (Å²) in [5, 5.41) is 5.32. The predicted octanol–water partition coefficient (Wildman–Crippen LogP) is 2.64. The number of carbonyl (C=O) groups is 4. The van der Waals surface area contributed by atoms with Crippen LogP contribution in [0.25, 0.3) is 0 Å². The lowest BCUT2D eigenvalue weighted by Gasteiger charge is -2.22. The van der Waals surface area contributed by atoms with E-state index in [1.807, 2.05) is 32.2 Å². The van der Waals surface area contributed by atoms with E-state index in [2.05, 4.69) is 10.6 Å². The van der Waals surface area contributed by atoms with Gasteiger partial charge in [0, 0.05) is 4.90 Å². The van der Waals surface area contributed by atoms with Crippen LogP contribution in [-0.2, 0) is 19.1 Å². The highest BCUT2D eigenvalue weighted by Gasteiger charge is 2.48. The molecule has 1 atom stereocenters. The van der Waals surface area contributed by atoms with Crippen molar-refractivity contribution in [3.8, 4) is 0 Å². The molecule has 8 nitrogen and oxygen atoms in total. The van der Waals surface area contributed by atoms with Gasteiger partial charge in [0.2, 0.25) is 0 Å². The zero-order valence-electron chi connectivity index (χ0n) is 17.1.